The highest BCUT2D eigenvalue weighted by Crippen LogP contribution is 2.20. The lowest BCUT2D eigenvalue weighted by Crippen LogP contribution is -2.39. The molecule has 2 heterocycles. The summed E-state index contributed by atoms with van der Waals surface area (Å²) in [5.41, 5.74) is 6.58. The summed E-state index contributed by atoms with van der Waals surface area (Å²) < 4.78 is 5.77. The van der Waals surface area contributed by atoms with Crippen LogP contribution >= 0.6 is 0 Å². The van der Waals surface area contributed by atoms with Crippen LogP contribution in [0.2, 0.25) is 0 Å². The van der Waals surface area contributed by atoms with Crippen molar-refractivity contribution in [2.75, 3.05) is 19.7 Å². The summed E-state index contributed by atoms with van der Waals surface area (Å²) >= 11 is 0. The lowest BCUT2D eigenvalue weighted by atomic mass is 9.97. The average molecular weight is 263 g/mol. The zero-order chi connectivity index (χ0) is 13.7. The minimum atomic E-state index is 0.529. The van der Waals surface area contributed by atoms with Crippen molar-refractivity contribution < 1.29 is 4.74 Å². The first-order valence-electron chi connectivity index (χ1n) is 7.21. The zero-order valence-corrected chi connectivity index (χ0v) is 12.0. The van der Waals surface area contributed by atoms with Gasteiger partial charge in [0.1, 0.15) is 0 Å². The molecule has 2 N–H and O–H groups in total. The molecule has 1 aromatic rings. The van der Waals surface area contributed by atoms with E-state index in [1.54, 1.807) is 6.20 Å². The van der Waals surface area contributed by atoms with Gasteiger partial charge in [-0.1, -0.05) is 6.07 Å². The molecule has 19 heavy (non-hydrogen) atoms. The molecule has 0 unspecified atom stereocenters. The van der Waals surface area contributed by atoms with E-state index in [0.717, 1.165) is 12.2 Å². The predicted octanol–water partition coefficient (Wildman–Crippen LogP) is 2.04. The quantitative estimate of drug-likeness (QED) is 0.883. The first-order chi connectivity index (χ1) is 9.19. The smallest absolute Gasteiger partial charge is 0.213 e. The van der Waals surface area contributed by atoms with Gasteiger partial charge in [0.15, 0.2) is 0 Å². The lowest BCUT2D eigenvalue weighted by molar-refractivity contribution is 0.117. The summed E-state index contributed by atoms with van der Waals surface area (Å²) in [7, 11) is 0. The van der Waals surface area contributed by atoms with Crippen molar-refractivity contribution in [3.63, 3.8) is 0 Å². The van der Waals surface area contributed by atoms with Gasteiger partial charge >= 0.3 is 0 Å². The van der Waals surface area contributed by atoms with Crippen LogP contribution in [0.1, 0.15) is 32.3 Å². The van der Waals surface area contributed by atoms with E-state index in [4.69, 9.17) is 10.5 Å². The van der Waals surface area contributed by atoms with E-state index in [1.165, 1.54) is 25.9 Å². The van der Waals surface area contributed by atoms with Crippen molar-refractivity contribution in [3.05, 3.63) is 23.9 Å². The molecule has 1 saturated heterocycles. The van der Waals surface area contributed by atoms with Crippen LogP contribution in [-0.2, 0) is 6.54 Å². The third-order valence-electron chi connectivity index (χ3n) is 3.88. The molecule has 0 atom stereocenters. The Hall–Kier alpha value is -1.13. The van der Waals surface area contributed by atoms with Gasteiger partial charge in [0.2, 0.25) is 5.88 Å². The van der Waals surface area contributed by atoms with E-state index < -0.39 is 0 Å². The van der Waals surface area contributed by atoms with Crippen LogP contribution in [0.3, 0.4) is 0 Å². The van der Waals surface area contributed by atoms with Gasteiger partial charge in [-0.25, -0.2) is 4.98 Å². The molecule has 4 heteroatoms. The van der Waals surface area contributed by atoms with E-state index in [-0.39, 0.29) is 0 Å². The van der Waals surface area contributed by atoms with Crippen LogP contribution in [0, 0.1) is 5.92 Å². The Morgan fingerprint density at radius 2 is 2.11 bits per heavy atom. The molecule has 4 nitrogen and oxygen atoms in total. The van der Waals surface area contributed by atoms with Crippen LogP contribution in [0.5, 0.6) is 5.88 Å². The molecule has 0 radical (unpaired) electrons. The molecule has 1 fully saturated rings. The minimum Gasteiger partial charge on any atom is -0.477 e. The molecular formula is C15H25N3O. The molecular weight excluding hydrogens is 238 g/mol. The van der Waals surface area contributed by atoms with Crippen molar-refractivity contribution >= 4 is 0 Å². The van der Waals surface area contributed by atoms with Crippen LogP contribution < -0.4 is 10.5 Å². The van der Waals surface area contributed by atoms with Crippen molar-refractivity contribution in [2.24, 2.45) is 11.7 Å². The first-order valence-corrected chi connectivity index (χ1v) is 7.21. The molecule has 106 valence electrons. The molecule has 0 aliphatic carbocycles. The highest BCUT2D eigenvalue weighted by atomic mass is 16.5. The molecule has 1 aliphatic rings. The summed E-state index contributed by atoms with van der Waals surface area (Å²) in [6, 6.07) is 4.54. The van der Waals surface area contributed by atoms with Gasteiger partial charge in [-0.3, -0.25) is 0 Å². The van der Waals surface area contributed by atoms with Crippen molar-refractivity contribution in [1.29, 1.82) is 0 Å². The van der Waals surface area contributed by atoms with Gasteiger partial charge in [0.25, 0.3) is 0 Å². The molecule has 0 spiro atoms. The molecule has 1 aromatic heterocycles. The predicted molar refractivity (Wildman–Crippen MR) is 77.1 cm³/mol. The Bertz CT molecular complexity index is 369. The van der Waals surface area contributed by atoms with E-state index >= 15 is 0 Å². The Labute approximate surface area is 116 Å². The number of piperidine rings is 1. The maximum atomic E-state index is 5.77. The number of nitrogens with two attached hydrogens (primary N) is 1. The number of hydrogen-bond acceptors (Lipinski definition) is 4. The van der Waals surface area contributed by atoms with Crippen LogP contribution in [0.15, 0.2) is 18.3 Å². The monoisotopic (exact) mass is 263 g/mol. The van der Waals surface area contributed by atoms with E-state index in [9.17, 15) is 0 Å². The average Bonchev–Trinajstić information content (AvgIpc) is 2.46. The largest absolute Gasteiger partial charge is 0.477 e. The fourth-order valence-corrected chi connectivity index (χ4v) is 2.46. The van der Waals surface area contributed by atoms with Crippen molar-refractivity contribution in [2.45, 2.75) is 39.3 Å². The second kappa shape index (κ2) is 6.87. The molecule has 2 rings (SSSR count). The number of rotatable bonds is 5. The van der Waals surface area contributed by atoms with Gasteiger partial charge in [-0.15, -0.1) is 0 Å². The minimum absolute atomic E-state index is 0.529. The van der Waals surface area contributed by atoms with Gasteiger partial charge in [-0.2, -0.15) is 0 Å². The number of likely N-dealkylation sites (tertiary alicyclic amines) is 1. The zero-order valence-electron chi connectivity index (χ0n) is 12.0. The number of aromatic nitrogens is 1. The fraction of sp³-hybridized carbons (Fsp3) is 0.667. The molecule has 0 aromatic carbocycles. The number of nitrogens with zero attached hydrogens (tertiary/aromatic N) is 2. The van der Waals surface area contributed by atoms with E-state index in [0.29, 0.717) is 24.4 Å². The summed E-state index contributed by atoms with van der Waals surface area (Å²) in [5, 5.41) is 0. The summed E-state index contributed by atoms with van der Waals surface area (Å²) in [6.07, 6.45) is 4.23. The van der Waals surface area contributed by atoms with Crippen molar-refractivity contribution in [3.8, 4) is 5.88 Å². The number of ether oxygens (including phenoxy) is 1. The highest BCUT2D eigenvalue weighted by molar-refractivity contribution is 5.17. The number of pyridine rings is 1. The summed E-state index contributed by atoms with van der Waals surface area (Å²) in [5.74, 6) is 1.37. The third-order valence-corrected chi connectivity index (χ3v) is 3.88. The van der Waals surface area contributed by atoms with Crippen LogP contribution in [0.25, 0.3) is 0 Å². The Balaban J connectivity index is 1.74. The fourth-order valence-electron chi connectivity index (χ4n) is 2.46. The third kappa shape index (κ3) is 4.18. The van der Waals surface area contributed by atoms with E-state index in [1.807, 2.05) is 12.1 Å². The van der Waals surface area contributed by atoms with Gasteiger partial charge in [-0.05, 0) is 51.3 Å². The Morgan fingerprint density at radius 1 is 1.37 bits per heavy atom. The first kappa shape index (κ1) is 14.3. The lowest BCUT2D eigenvalue weighted by Gasteiger charge is -2.34. The molecule has 0 bridgehead atoms. The summed E-state index contributed by atoms with van der Waals surface area (Å²) in [6.45, 7) is 8.21. The molecule has 0 amide bonds. The van der Waals surface area contributed by atoms with Crippen LogP contribution in [-0.4, -0.2) is 35.6 Å². The number of hydrogen-bond donors (Lipinski definition) is 1. The maximum absolute atomic E-state index is 5.77. The molecule has 0 saturated carbocycles. The standard InChI is InChI=1S/C15H25N3O/c1-12(2)18-7-5-13(6-8-18)11-19-15-4-3-14(9-16)10-17-15/h3-4,10,12-13H,5-9,11,16H2,1-2H3. The normalized spacial score (nSPS) is 17.9. The highest BCUT2D eigenvalue weighted by Gasteiger charge is 2.21. The maximum Gasteiger partial charge on any atom is 0.213 e. The van der Waals surface area contributed by atoms with Crippen LogP contribution in [0.4, 0.5) is 0 Å². The van der Waals surface area contributed by atoms with Crippen molar-refractivity contribution in [1.82, 2.24) is 9.88 Å². The van der Waals surface area contributed by atoms with Gasteiger partial charge in [0, 0.05) is 24.8 Å². The molecule has 1 aliphatic heterocycles. The second-order valence-electron chi connectivity index (χ2n) is 5.59. The van der Waals surface area contributed by atoms with E-state index in [2.05, 4.69) is 23.7 Å². The SMILES string of the molecule is CC(C)N1CCC(COc2ccc(CN)cn2)CC1. The van der Waals surface area contributed by atoms with Gasteiger partial charge in [0.05, 0.1) is 6.61 Å². The van der Waals surface area contributed by atoms with Gasteiger partial charge < -0.3 is 15.4 Å². The topological polar surface area (TPSA) is 51.4 Å². The Kier molecular flexibility index (Phi) is 5.16. The summed E-state index contributed by atoms with van der Waals surface area (Å²) in [4.78, 5) is 6.80. The second-order valence-corrected chi connectivity index (χ2v) is 5.59. The Morgan fingerprint density at radius 3 is 2.63 bits per heavy atom.